The molecule has 0 aliphatic heterocycles. The summed E-state index contributed by atoms with van der Waals surface area (Å²) >= 11 is 0. The number of aryl methyl sites for hydroxylation is 2. The van der Waals surface area contributed by atoms with Crippen LogP contribution in [0.5, 0.6) is 0 Å². The monoisotopic (exact) mass is 320 g/mol. The molecule has 4 nitrogen and oxygen atoms in total. The maximum Gasteiger partial charge on any atom is 0.235 e. The summed E-state index contributed by atoms with van der Waals surface area (Å²) in [4.78, 5) is 9.34. The number of nitrogens with zero attached hydrogens (tertiary/aromatic N) is 3. The average Bonchev–Trinajstić information content (AvgIpc) is 2.98. The molecule has 1 aliphatic carbocycles. The molecule has 2 heterocycles. The van der Waals surface area contributed by atoms with Crippen LogP contribution in [0.3, 0.4) is 0 Å². The Balaban J connectivity index is 1.83. The number of para-hydroxylation sites is 1. The van der Waals surface area contributed by atoms with E-state index in [4.69, 9.17) is 4.98 Å². The molecular formula is C20H24N4. The molecule has 3 aromatic rings. The minimum Gasteiger partial charge on any atom is -0.339 e. The van der Waals surface area contributed by atoms with Crippen LogP contribution in [-0.4, -0.2) is 14.4 Å². The molecule has 1 aromatic carbocycles. The van der Waals surface area contributed by atoms with Crippen LogP contribution in [0.1, 0.15) is 54.8 Å². The van der Waals surface area contributed by atoms with Crippen LogP contribution >= 0.6 is 0 Å². The van der Waals surface area contributed by atoms with E-state index in [0.717, 1.165) is 11.6 Å². The van der Waals surface area contributed by atoms with E-state index in [1.165, 1.54) is 54.6 Å². The summed E-state index contributed by atoms with van der Waals surface area (Å²) in [6.45, 7) is 4.30. The van der Waals surface area contributed by atoms with Crippen molar-refractivity contribution in [2.24, 2.45) is 0 Å². The van der Waals surface area contributed by atoms with Crippen LogP contribution in [0.2, 0.25) is 0 Å². The number of anilines is 2. The lowest BCUT2D eigenvalue weighted by molar-refractivity contribution is 0.439. The number of hydrogen-bond acceptors (Lipinski definition) is 3. The van der Waals surface area contributed by atoms with E-state index in [2.05, 4.69) is 52.9 Å². The van der Waals surface area contributed by atoms with Gasteiger partial charge in [0, 0.05) is 24.0 Å². The van der Waals surface area contributed by atoms with Crippen LogP contribution < -0.4 is 5.32 Å². The average molecular weight is 320 g/mol. The first kappa shape index (κ1) is 15.2. The van der Waals surface area contributed by atoms with Crippen molar-refractivity contribution in [3.05, 3.63) is 53.5 Å². The minimum atomic E-state index is 0.535. The van der Waals surface area contributed by atoms with Crippen molar-refractivity contribution in [2.45, 2.75) is 51.9 Å². The van der Waals surface area contributed by atoms with E-state index in [1.807, 2.05) is 12.3 Å². The van der Waals surface area contributed by atoms with Gasteiger partial charge >= 0.3 is 0 Å². The third-order valence-electron chi connectivity index (χ3n) is 5.15. The highest BCUT2D eigenvalue weighted by molar-refractivity contribution is 5.68. The van der Waals surface area contributed by atoms with Crippen molar-refractivity contribution < 1.29 is 0 Å². The number of hydrogen-bond donors (Lipinski definition) is 1. The summed E-state index contributed by atoms with van der Waals surface area (Å²) < 4.78 is 2.09. The molecular weight excluding hydrogens is 296 g/mol. The first-order valence-corrected chi connectivity index (χ1v) is 8.90. The van der Waals surface area contributed by atoms with Gasteiger partial charge in [-0.25, -0.2) is 9.97 Å². The Bertz CT molecular complexity index is 839. The Kier molecular flexibility index (Phi) is 3.97. The molecule has 0 unspecified atom stereocenters. The summed E-state index contributed by atoms with van der Waals surface area (Å²) in [5, 5.41) is 3.69. The maximum absolute atomic E-state index is 4.88. The lowest BCUT2D eigenvalue weighted by atomic mass is 9.87. The van der Waals surface area contributed by atoms with Gasteiger partial charge in [-0.15, -0.1) is 0 Å². The van der Waals surface area contributed by atoms with E-state index in [0.29, 0.717) is 5.92 Å². The molecule has 1 saturated carbocycles. The van der Waals surface area contributed by atoms with Crippen LogP contribution in [-0.2, 0) is 0 Å². The van der Waals surface area contributed by atoms with Crippen LogP contribution in [0, 0.1) is 13.8 Å². The first-order chi connectivity index (χ1) is 11.7. The number of fused-ring (bicyclic) bond motifs is 1. The van der Waals surface area contributed by atoms with Gasteiger partial charge in [-0.05, 0) is 43.9 Å². The topological polar surface area (TPSA) is 42.2 Å². The lowest BCUT2D eigenvalue weighted by Crippen LogP contribution is -2.08. The predicted molar refractivity (Wildman–Crippen MR) is 98.0 cm³/mol. The first-order valence-electron chi connectivity index (χ1n) is 8.90. The van der Waals surface area contributed by atoms with Gasteiger partial charge in [-0.2, -0.15) is 0 Å². The van der Waals surface area contributed by atoms with E-state index < -0.39 is 0 Å². The van der Waals surface area contributed by atoms with Crippen molar-refractivity contribution in [3.8, 4) is 0 Å². The summed E-state index contributed by atoms with van der Waals surface area (Å²) in [6.07, 6.45) is 10.3. The van der Waals surface area contributed by atoms with Crippen molar-refractivity contribution >= 4 is 17.3 Å². The Morgan fingerprint density at radius 1 is 1.04 bits per heavy atom. The minimum absolute atomic E-state index is 0.535. The molecule has 0 amide bonds. The van der Waals surface area contributed by atoms with Gasteiger partial charge in [-0.3, -0.25) is 4.40 Å². The maximum atomic E-state index is 4.88. The molecule has 4 rings (SSSR count). The normalized spacial score (nSPS) is 15.8. The molecule has 24 heavy (non-hydrogen) atoms. The second kappa shape index (κ2) is 6.27. The molecule has 1 aliphatic rings. The summed E-state index contributed by atoms with van der Waals surface area (Å²) in [5.74, 6) is 2.40. The van der Waals surface area contributed by atoms with Crippen LogP contribution in [0.4, 0.5) is 11.5 Å². The highest BCUT2D eigenvalue weighted by Crippen LogP contribution is 2.37. The number of benzene rings is 1. The zero-order valence-electron chi connectivity index (χ0n) is 14.4. The van der Waals surface area contributed by atoms with Gasteiger partial charge in [0.05, 0.1) is 5.69 Å². The lowest BCUT2D eigenvalue weighted by Gasteiger charge is -2.22. The Morgan fingerprint density at radius 2 is 1.79 bits per heavy atom. The third kappa shape index (κ3) is 2.66. The molecule has 0 radical (unpaired) electrons. The molecule has 1 fully saturated rings. The molecule has 4 heteroatoms. The molecule has 2 aromatic heterocycles. The van der Waals surface area contributed by atoms with E-state index in [-0.39, 0.29) is 0 Å². The predicted octanol–water partition coefficient (Wildman–Crippen LogP) is 5.14. The fourth-order valence-electron chi connectivity index (χ4n) is 3.82. The highest BCUT2D eigenvalue weighted by Gasteiger charge is 2.24. The molecule has 0 bridgehead atoms. The second-order valence-electron chi connectivity index (χ2n) is 6.86. The molecule has 124 valence electrons. The van der Waals surface area contributed by atoms with E-state index >= 15 is 0 Å². The quantitative estimate of drug-likeness (QED) is 0.727. The van der Waals surface area contributed by atoms with Crippen LogP contribution in [0.25, 0.3) is 5.78 Å². The SMILES string of the molecule is Cc1cccc(C)c1Nc1c(C2CCCCC2)nc2ncccn12. The van der Waals surface area contributed by atoms with Gasteiger partial charge in [0.1, 0.15) is 5.82 Å². The number of imidazole rings is 1. The van der Waals surface area contributed by atoms with Crippen molar-refractivity contribution in [2.75, 3.05) is 5.32 Å². The number of nitrogens with one attached hydrogen (secondary N) is 1. The zero-order valence-corrected chi connectivity index (χ0v) is 14.4. The summed E-state index contributed by atoms with van der Waals surface area (Å²) in [7, 11) is 0. The Hall–Kier alpha value is -2.36. The molecule has 0 spiro atoms. The highest BCUT2D eigenvalue weighted by atomic mass is 15.2. The van der Waals surface area contributed by atoms with Crippen molar-refractivity contribution in [1.82, 2.24) is 14.4 Å². The second-order valence-corrected chi connectivity index (χ2v) is 6.86. The van der Waals surface area contributed by atoms with Gasteiger partial charge in [-0.1, -0.05) is 37.5 Å². The standard InChI is InChI=1S/C20H24N4/c1-14-8-6-9-15(2)17(14)22-19-18(16-10-4-3-5-11-16)23-20-21-12-7-13-24(19)20/h6-9,12-13,16,22H,3-5,10-11H2,1-2H3. The zero-order chi connectivity index (χ0) is 16.5. The number of aromatic nitrogens is 3. The summed E-state index contributed by atoms with van der Waals surface area (Å²) in [5.41, 5.74) is 4.86. The Labute approximate surface area is 143 Å². The molecule has 1 N–H and O–H groups in total. The van der Waals surface area contributed by atoms with E-state index in [9.17, 15) is 0 Å². The van der Waals surface area contributed by atoms with Gasteiger partial charge in [0.15, 0.2) is 0 Å². The fourth-order valence-corrected chi connectivity index (χ4v) is 3.82. The smallest absolute Gasteiger partial charge is 0.235 e. The Morgan fingerprint density at radius 3 is 2.54 bits per heavy atom. The summed E-state index contributed by atoms with van der Waals surface area (Å²) in [6, 6.07) is 8.37. The largest absolute Gasteiger partial charge is 0.339 e. The van der Waals surface area contributed by atoms with Crippen LogP contribution in [0.15, 0.2) is 36.7 Å². The van der Waals surface area contributed by atoms with Crippen molar-refractivity contribution in [3.63, 3.8) is 0 Å². The van der Waals surface area contributed by atoms with Crippen molar-refractivity contribution in [1.29, 1.82) is 0 Å². The number of rotatable bonds is 3. The third-order valence-corrected chi connectivity index (χ3v) is 5.15. The van der Waals surface area contributed by atoms with Gasteiger partial charge in [0.2, 0.25) is 5.78 Å². The van der Waals surface area contributed by atoms with Gasteiger partial charge in [0.25, 0.3) is 0 Å². The van der Waals surface area contributed by atoms with Gasteiger partial charge < -0.3 is 5.32 Å². The molecule has 0 saturated heterocycles. The van der Waals surface area contributed by atoms with E-state index in [1.54, 1.807) is 0 Å². The fraction of sp³-hybridized carbons (Fsp3) is 0.400. The molecule has 0 atom stereocenters.